The molecule has 0 spiro atoms. The Morgan fingerprint density at radius 1 is 1.40 bits per heavy atom. The number of amides is 1. The topological polar surface area (TPSA) is 72.6 Å². The van der Waals surface area contributed by atoms with Crippen molar-refractivity contribution in [2.24, 2.45) is 5.73 Å². The highest BCUT2D eigenvalue weighted by molar-refractivity contribution is 5.95. The Labute approximate surface area is 82.1 Å². The second kappa shape index (κ2) is 3.68. The molecule has 0 aliphatic carbocycles. The Morgan fingerprint density at radius 2 is 2.00 bits per heavy atom. The number of alkyl halides is 3. The van der Waals surface area contributed by atoms with Gasteiger partial charge in [-0.05, 0) is 12.1 Å². The van der Waals surface area contributed by atoms with Gasteiger partial charge in [-0.1, -0.05) is 0 Å². The molecule has 1 amide bonds. The SMILES string of the molecule is NC(=O)c1ccc(OC(F)(F)F)cc1O. The molecule has 0 saturated heterocycles. The largest absolute Gasteiger partial charge is 0.573 e. The van der Waals surface area contributed by atoms with E-state index in [0.717, 1.165) is 12.1 Å². The first-order valence-corrected chi connectivity index (χ1v) is 3.68. The molecule has 0 unspecified atom stereocenters. The highest BCUT2D eigenvalue weighted by Crippen LogP contribution is 2.27. The van der Waals surface area contributed by atoms with Crippen LogP contribution in [-0.4, -0.2) is 17.4 Å². The third kappa shape index (κ3) is 3.04. The van der Waals surface area contributed by atoms with Crippen LogP contribution in [0.1, 0.15) is 10.4 Å². The fourth-order valence-corrected chi connectivity index (χ4v) is 0.917. The maximum Gasteiger partial charge on any atom is 0.573 e. The van der Waals surface area contributed by atoms with Crippen LogP contribution in [0.5, 0.6) is 11.5 Å². The molecule has 3 N–H and O–H groups in total. The van der Waals surface area contributed by atoms with E-state index in [0.29, 0.717) is 6.07 Å². The van der Waals surface area contributed by atoms with Crippen LogP contribution in [0.15, 0.2) is 18.2 Å². The fraction of sp³-hybridized carbons (Fsp3) is 0.125. The molecule has 0 saturated carbocycles. The standard InChI is InChI=1S/C8H6F3NO3/c9-8(10,11)15-4-1-2-5(7(12)14)6(13)3-4/h1-3,13H,(H2,12,14). The Bertz CT molecular complexity index is 389. The lowest BCUT2D eigenvalue weighted by Gasteiger charge is -2.09. The van der Waals surface area contributed by atoms with Gasteiger partial charge in [0.1, 0.15) is 11.5 Å². The van der Waals surface area contributed by atoms with Crippen molar-refractivity contribution in [1.82, 2.24) is 0 Å². The van der Waals surface area contributed by atoms with E-state index in [2.05, 4.69) is 4.74 Å². The number of nitrogens with two attached hydrogens (primary N) is 1. The molecule has 82 valence electrons. The molecule has 0 atom stereocenters. The smallest absolute Gasteiger partial charge is 0.507 e. The Balaban J connectivity index is 2.97. The molecule has 1 aromatic rings. The minimum absolute atomic E-state index is 0.274. The molecule has 0 radical (unpaired) electrons. The van der Waals surface area contributed by atoms with E-state index in [4.69, 9.17) is 10.8 Å². The number of primary amides is 1. The molecular weight excluding hydrogens is 215 g/mol. The van der Waals surface area contributed by atoms with Gasteiger partial charge in [0.05, 0.1) is 5.56 Å². The maximum atomic E-state index is 11.7. The van der Waals surface area contributed by atoms with Crippen molar-refractivity contribution in [3.63, 3.8) is 0 Å². The van der Waals surface area contributed by atoms with Crippen molar-refractivity contribution < 1.29 is 27.8 Å². The number of carbonyl (C=O) groups excluding carboxylic acids is 1. The summed E-state index contributed by atoms with van der Waals surface area (Å²) in [5, 5.41) is 9.11. The predicted molar refractivity (Wildman–Crippen MR) is 43.3 cm³/mol. The van der Waals surface area contributed by atoms with Gasteiger partial charge in [0.25, 0.3) is 5.91 Å². The first kappa shape index (κ1) is 11.2. The summed E-state index contributed by atoms with van der Waals surface area (Å²) in [5.74, 6) is -2.22. The second-order valence-electron chi connectivity index (χ2n) is 2.59. The van der Waals surface area contributed by atoms with E-state index in [1.165, 1.54) is 0 Å². The predicted octanol–water partition coefficient (Wildman–Crippen LogP) is 1.39. The molecule has 0 fully saturated rings. The average molecular weight is 221 g/mol. The lowest BCUT2D eigenvalue weighted by Crippen LogP contribution is -2.17. The average Bonchev–Trinajstić information content (AvgIpc) is 1.99. The molecule has 7 heteroatoms. The van der Waals surface area contributed by atoms with Gasteiger partial charge in [-0.3, -0.25) is 4.79 Å². The van der Waals surface area contributed by atoms with Crippen molar-refractivity contribution >= 4 is 5.91 Å². The molecule has 0 heterocycles. The third-order valence-corrected chi connectivity index (χ3v) is 1.47. The highest BCUT2D eigenvalue weighted by atomic mass is 19.4. The summed E-state index contributed by atoms with van der Waals surface area (Å²) in [6.07, 6.45) is -4.85. The number of halogens is 3. The summed E-state index contributed by atoms with van der Waals surface area (Å²) in [7, 11) is 0. The number of aromatic hydroxyl groups is 1. The summed E-state index contributed by atoms with van der Waals surface area (Å²) in [5.41, 5.74) is 4.56. The Morgan fingerprint density at radius 3 is 2.40 bits per heavy atom. The van der Waals surface area contributed by atoms with Crippen LogP contribution >= 0.6 is 0 Å². The first-order chi connectivity index (χ1) is 6.79. The molecule has 0 bridgehead atoms. The molecule has 1 aromatic carbocycles. The number of carbonyl (C=O) groups is 1. The molecule has 0 aromatic heterocycles. The van der Waals surface area contributed by atoms with Crippen molar-refractivity contribution in [3.05, 3.63) is 23.8 Å². The zero-order chi connectivity index (χ0) is 11.6. The number of hydrogen-bond acceptors (Lipinski definition) is 3. The summed E-state index contributed by atoms with van der Waals surface area (Å²) in [6.45, 7) is 0. The molecule has 0 aliphatic rings. The molecule has 1 rings (SSSR count). The summed E-state index contributed by atoms with van der Waals surface area (Å²) >= 11 is 0. The van der Waals surface area contributed by atoms with E-state index < -0.39 is 23.8 Å². The molecule has 15 heavy (non-hydrogen) atoms. The van der Waals surface area contributed by atoms with Gasteiger partial charge in [-0.15, -0.1) is 13.2 Å². The molecule has 4 nitrogen and oxygen atoms in total. The van der Waals surface area contributed by atoms with Crippen LogP contribution in [0.3, 0.4) is 0 Å². The zero-order valence-electron chi connectivity index (χ0n) is 7.21. The fourth-order valence-electron chi connectivity index (χ4n) is 0.917. The van der Waals surface area contributed by atoms with Crippen molar-refractivity contribution in [3.8, 4) is 11.5 Å². The normalized spacial score (nSPS) is 11.1. The Hall–Kier alpha value is -1.92. The Kier molecular flexibility index (Phi) is 2.74. The van der Waals surface area contributed by atoms with Crippen LogP contribution in [0.25, 0.3) is 0 Å². The van der Waals surface area contributed by atoms with E-state index in [1.54, 1.807) is 0 Å². The van der Waals surface area contributed by atoms with E-state index in [9.17, 15) is 18.0 Å². The number of benzene rings is 1. The third-order valence-electron chi connectivity index (χ3n) is 1.47. The lowest BCUT2D eigenvalue weighted by molar-refractivity contribution is -0.274. The van der Waals surface area contributed by atoms with E-state index in [1.807, 2.05) is 0 Å². The van der Waals surface area contributed by atoms with Gasteiger partial charge in [0, 0.05) is 6.07 Å². The monoisotopic (exact) mass is 221 g/mol. The minimum atomic E-state index is -4.85. The van der Waals surface area contributed by atoms with Gasteiger partial charge in [0.15, 0.2) is 0 Å². The van der Waals surface area contributed by atoms with Gasteiger partial charge in [0.2, 0.25) is 0 Å². The number of rotatable bonds is 2. The van der Waals surface area contributed by atoms with Crippen LogP contribution in [0, 0.1) is 0 Å². The molecule has 0 aliphatic heterocycles. The summed E-state index contributed by atoms with van der Waals surface area (Å²) in [6, 6.07) is 2.49. The number of phenols is 1. The van der Waals surface area contributed by atoms with Crippen molar-refractivity contribution in [2.75, 3.05) is 0 Å². The minimum Gasteiger partial charge on any atom is -0.507 e. The molecular formula is C8H6F3NO3. The van der Waals surface area contributed by atoms with Crippen LogP contribution in [0.2, 0.25) is 0 Å². The zero-order valence-corrected chi connectivity index (χ0v) is 7.21. The summed E-state index contributed by atoms with van der Waals surface area (Å²) < 4.78 is 38.7. The van der Waals surface area contributed by atoms with Crippen molar-refractivity contribution in [1.29, 1.82) is 0 Å². The van der Waals surface area contributed by atoms with Gasteiger partial charge in [-0.25, -0.2) is 0 Å². The first-order valence-electron chi connectivity index (χ1n) is 3.68. The lowest BCUT2D eigenvalue weighted by atomic mass is 10.2. The van der Waals surface area contributed by atoms with Crippen LogP contribution in [-0.2, 0) is 0 Å². The van der Waals surface area contributed by atoms with Gasteiger partial charge < -0.3 is 15.6 Å². The highest BCUT2D eigenvalue weighted by Gasteiger charge is 2.31. The van der Waals surface area contributed by atoms with Crippen LogP contribution < -0.4 is 10.5 Å². The second-order valence-corrected chi connectivity index (χ2v) is 2.59. The number of ether oxygens (including phenoxy) is 1. The van der Waals surface area contributed by atoms with E-state index in [-0.39, 0.29) is 5.56 Å². The number of hydrogen-bond donors (Lipinski definition) is 2. The summed E-state index contributed by atoms with van der Waals surface area (Å²) in [4.78, 5) is 10.6. The van der Waals surface area contributed by atoms with Gasteiger partial charge >= 0.3 is 6.36 Å². The van der Waals surface area contributed by atoms with Crippen LogP contribution in [0.4, 0.5) is 13.2 Å². The maximum absolute atomic E-state index is 11.7. The van der Waals surface area contributed by atoms with Crippen molar-refractivity contribution in [2.45, 2.75) is 6.36 Å². The van der Waals surface area contributed by atoms with Gasteiger partial charge in [-0.2, -0.15) is 0 Å². The van der Waals surface area contributed by atoms with E-state index >= 15 is 0 Å². The quantitative estimate of drug-likeness (QED) is 0.792.